The number of pyridine rings is 3. The van der Waals surface area contributed by atoms with Gasteiger partial charge in [-0.2, -0.15) is 0 Å². The van der Waals surface area contributed by atoms with E-state index >= 15 is 0 Å². The molecule has 0 amide bonds. The lowest BCUT2D eigenvalue weighted by Gasteiger charge is -2.33. The fraction of sp³-hybridized carbons (Fsp3) is 0.0652. The fourth-order valence-electron chi connectivity index (χ4n) is 8.44. The number of hydrogen-bond donors (Lipinski definition) is 0. The minimum absolute atomic E-state index is 0.171. The molecule has 0 bridgehead atoms. The van der Waals surface area contributed by atoms with Crippen LogP contribution >= 0.6 is 0 Å². The lowest BCUT2D eigenvalue weighted by Crippen LogP contribution is -2.26. The molecule has 52 heavy (non-hydrogen) atoms. The van der Waals surface area contributed by atoms with Crippen molar-refractivity contribution >= 4 is 49.3 Å². The first-order valence-corrected chi connectivity index (χ1v) is 17.6. The summed E-state index contributed by atoms with van der Waals surface area (Å²) in [5, 5.41) is 4.39. The van der Waals surface area contributed by atoms with Crippen LogP contribution in [0.5, 0.6) is 11.5 Å². The number of hydrogen-bond acceptors (Lipinski definition) is 4. The highest BCUT2D eigenvalue weighted by Gasteiger charge is 2.35. The molecule has 1 aliphatic rings. The van der Waals surface area contributed by atoms with Crippen LogP contribution in [0.4, 0.5) is 0 Å². The Kier molecular flexibility index (Phi) is 5.91. The molecule has 0 unspecified atom stereocenters. The number of imidazole rings is 1. The summed E-state index contributed by atoms with van der Waals surface area (Å²) in [4.78, 5) is 15.2. The quantitative estimate of drug-likeness (QED) is 0.175. The first-order valence-electron chi connectivity index (χ1n) is 17.6. The largest absolute Gasteiger partial charge is 0.457 e. The topological polar surface area (TPSA) is 57.2 Å². The minimum Gasteiger partial charge on any atom is -0.457 e. The van der Waals surface area contributed by atoms with Gasteiger partial charge in [-0.1, -0.05) is 98.8 Å². The Hall–Kier alpha value is -6.79. The molecule has 11 rings (SSSR count). The molecule has 0 fully saturated rings. The first-order chi connectivity index (χ1) is 25.6. The van der Waals surface area contributed by atoms with Crippen molar-refractivity contribution in [1.29, 1.82) is 0 Å². The van der Waals surface area contributed by atoms with Crippen molar-refractivity contribution in [2.75, 3.05) is 0 Å². The maximum absolute atomic E-state index is 6.74. The number of aromatic nitrogens is 5. The Morgan fingerprint density at radius 3 is 2.10 bits per heavy atom. The predicted molar refractivity (Wildman–Crippen MR) is 210 cm³/mol. The molecule has 6 heteroatoms. The van der Waals surface area contributed by atoms with Crippen LogP contribution in [0.3, 0.4) is 0 Å². The van der Waals surface area contributed by atoms with Gasteiger partial charge < -0.3 is 4.74 Å². The van der Waals surface area contributed by atoms with Crippen LogP contribution in [0.1, 0.15) is 25.0 Å². The second kappa shape index (κ2) is 10.6. The summed E-state index contributed by atoms with van der Waals surface area (Å²) in [5.74, 6) is 2.45. The highest BCUT2D eigenvalue weighted by atomic mass is 16.5. The number of para-hydroxylation sites is 1. The van der Waals surface area contributed by atoms with E-state index in [1.54, 1.807) is 0 Å². The molecule has 0 aliphatic carbocycles. The van der Waals surface area contributed by atoms with E-state index in [1.165, 1.54) is 27.4 Å². The van der Waals surface area contributed by atoms with Crippen LogP contribution in [0.25, 0.3) is 77.6 Å². The Balaban J connectivity index is 1.13. The fourth-order valence-corrected chi connectivity index (χ4v) is 8.44. The van der Waals surface area contributed by atoms with Gasteiger partial charge in [0.1, 0.15) is 23.0 Å². The molecule has 0 radical (unpaired) electrons. The van der Waals surface area contributed by atoms with Crippen molar-refractivity contribution in [3.8, 4) is 39.8 Å². The summed E-state index contributed by atoms with van der Waals surface area (Å²) in [6.45, 7) is 4.58. The number of benzene rings is 5. The zero-order valence-electron chi connectivity index (χ0n) is 28.6. The maximum Gasteiger partial charge on any atom is 0.146 e. The molecule has 246 valence electrons. The van der Waals surface area contributed by atoms with Crippen molar-refractivity contribution in [3.05, 3.63) is 163 Å². The summed E-state index contributed by atoms with van der Waals surface area (Å²) in [5.41, 5.74) is 11.5. The average molecular weight is 670 g/mol. The highest BCUT2D eigenvalue weighted by molar-refractivity contribution is 6.13. The molecule has 5 aromatic heterocycles. The van der Waals surface area contributed by atoms with E-state index in [1.807, 2.05) is 42.7 Å². The van der Waals surface area contributed by atoms with Crippen molar-refractivity contribution in [2.45, 2.75) is 19.3 Å². The molecule has 0 saturated carbocycles. The summed E-state index contributed by atoms with van der Waals surface area (Å²) < 4.78 is 11.3. The van der Waals surface area contributed by atoms with E-state index in [-0.39, 0.29) is 5.41 Å². The summed E-state index contributed by atoms with van der Waals surface area (Å²) in [7, 11) is 0. The number of nitrogens with zero attached hydrogens (tertiary/aromatic N) is 5. The molecule has 6 heterocycles. The Labute approximate surface area is 299 Å². The summed E-state index contributed by atoms with van der Waals surface area (Å²) >= 11 is 0. The monoisotopic (exact) mass is 669 g/mol. The molecule has 5 aromatic carbocycles. The third kappa shape index (κ3) is 3.97. The van der Waals surface area contributed by atoms with E-state index in [2.05, 4.69) is 132 Å². The van der Waals surface area contributed by atoms with Gasteiger partial charge in [-0.05, 0) is 54.1 Å². The zero-order chi connectivity index (χ0) is 34.6. The number of fused-ring (bicyclic) bond motifs is 11. The van der Waals surface area contributed by atoms with Crippen LogP contribution in [0, 0.1) is 0 Å². The van der Waals surface area contributed by atoms with Crippen LogP contribution in [-0.4, -0.2) is 23.9 Å². The molecule has 0 N–H and O–H groups in total. The van der Waals surface area contributed by atoms with Gasteiger partial charge in [0, 0.05) is 62.1 Å². The molecule has 0 atom stereocenters. The van der Waals surface area contributed by atoms with Gasteiger partial charge in [0.15, 0.2) is 0 Å². The van der Waals surface area contributed by atoms with E-state index in [9.17, 15) is 0 Å². The molecule has 0 saturated heterocycles. The Bertz CT molecular complexity index is 3070. The van der Waals surface area contributed by atoms with Crippen molar-refractivity contribution in [3.63, 3.8) is 0 Å². The lowest BCUT2D eigenvalue weighted by atomic mass is 9.76. The third-order valence-corrected chi connectivity index (χ3v) is 10.8. The smallest absolute Gasteiger partial charge is 0.146 e. The molecular weight excluding hydrogens is 639 g/mol. The zero-order valence-corrected chi connectivity index (χ0v) is 28.6. The standard InChI is InChI=1S/C46H31N5O/c1-46(2)36-17-9-16-34-32-22-20-31(27-39(32)51(43(34)36)45-37(46)18-10-25-48-45)52-30-21-23-33-35(26-30)44-49-40(28-12-5-3-6-13-28)42(29-14-7-4-8-15-29)50(44)38-19-11-24-47-41(33)38/h3-27H,1-2H3. The Morgan fingerprint density at radius 2 is 1.27 bits per heavy atom. The molecular formula is C46H31N5O. The summed E-state index contributed by atoms with van der Waals surface area (Å²) in [6, 6.07) is 48.5. The number of ether oxygens (including phenoxy) is 1. The van der Waals surface area contributed by atoms with Crippen molar-refractivity contribution < 1.29 is 4.74 Å². The maximum atomic E-state index is 6.74. The highest BCUT2D eigenvalue weighted by Crippen LogP contribution is 2.47. The van der Waals surface area contributed by atoms with Crippen LogP contribution in [0.2, 0.25) is 0 Å². The van der Waals surface area contributed by atoms with Gasteiger partial charge in [-0.3, -0.25) is 14.0 Å². The van der Waals surface area contributed by atoms with Crippen LogP contribution in [0.15, 0.2) is 152 Å². The van der Waals surface area contributed by atoms with Gasteiger partial charge in [0.2, 0.25) is 0 Å². The van der Waals surface area contributed by atoms with Crippen molar-refractivity contribution in [2.24, 2.45) is 0 Å². The number of rotatable bonds is 4. The van der Waals surface area contributed by atoms with E-state index < -0.39 is 0 Å². The average Bonchev–Trinajstić information content (AvgIpc) is 3.75. The second-order valence-electron chi connectivity index (χ2n) is 14.1. The molecule has 10 aromatic rings. The van der Waals surface area contributed by atoms with Gasteiger partial charge in [-0.15, -0.1) is 0 Å². The molecule has 0 spiro atoms. The first kappa shape index (κ1) is 29.0. The lowest BCUT2D eigenvalue weighted by molar-refractivity contribution is 0.484. The second-order valence-corrected chi connectivity index (χ2v) is 14.1. The van der Waals surface area contributed by atoms with E-state index in [0.29, 0.717) is 0 Å². The van der Waals surface area contributed by atoms with Crippen LogP contribution < -0.4 is 4.74 Å². The minimum atomic E-state index is -0.171. The van der Waals surface area contributed by atoms with Crippen molar-refractivity contribution in [1.82, 2.24) is 23.9 Å². The molecule has 6 nitrogen and oxygen atoms in total. The van der Waals surface area contributed by atoms with E-state index in [0.717, 1.165) is 72.8 Å². The van der Waals surface area contributed by atoms with Crippen LogP contribution in [-0.2, 0) is 5.41 Å². The normalized spacial score (nSPS) is 13.3. The molecule has 1 aliphatic heterocycles. The Morgan fingerprint density at radius 1 is 0.558 bits per heavy atom. The van der Waals surface area contributed by atoms with Gasteiger partial charge in [-0.25, -0.2) is 9.97 Å². The SMILES string of the molecule is CC1(C)c2cccnc2-n2c3cc(Oc4ccc5c(c4)c4nc(-c6ccccc6)c(-c6ccccc6)n4c4cccnc54)ccc3c3cccc1c32. The third-order valence-electron chi connectivity index (χ3n) is 10.8. The van der Waals surface area contributed by atoms with Gasteiger partial charge in [0.05, 0.1) is 33.5 Å². The predicted octanol–water partition coefficient (Wildman–Crippen LogP) is 11.3. The van der Waals surface area contributed by atoms with E-state index in [4.69, 9.17) is 19.7 Å². The van der Waals surface area contributed by atoms with Gasteiger partial charge >= 0.3 is 0 Å². The summed E-state index contributed by atoms with van der Waals surface area (Å²) in [6.07, 6.45) is 3.75. The van der Waals surface area contributed by atoms with Gasteiger partial charge in [0.25, 0.3) is 0 Å².